The third kappa shape index (κ3) is 4.62. The molecule has 0 aliphatic heterocycles. The van der Waals surface area contributed by atoms with Crippen molar-refractivity contribution in [2.24, 2.45) is 28.6 Å². The minimum Gasteiger partial charge on any atom is -0.511 e. The van der Waals surface area contributed by atoms with Crippen molar-refractivity contribution < 1.29 is 48.0 Å². The zero-order valence-corrected chi connectivity index (χ0v) is 26.6. The highest BCUT2D eigenvalue weighted by molar-refractivity contribution is 6.25. The molecule has 4 N–H and O–H groups in total. The maximum Gasteiger partial charge on any atom is 0.391 e. The molecule has 0 spiro atoms. The van der Waals surface area contributed by atoms with Crippen molar-refractivity contribution >= 4 is 17.3 Å². The highest BCUT2D eigenvalue weighted by Crippen LogP contribution is 2.65. The Morgan fingerprint density at radius 3 is 2.16 bits per heavy atom. The number of fused-ring (bicyclic) bond motifs is 3. The maximum atomic E-state index is 14.4. The van der Waals surface area contributed by atoms with Crippen molar-refractivity contribution in [3.8, 4) is 5.75 Å². The summed E-state index contributed by atoms with van der Waals surface area (Å²) in [6.07, 6.45) is -4.91. The number of alkyl halides is 3. The SMILES string of the molecule is CCC(CCc1cc(C(C)C)c2c(c1O)C(=O)C1=C(O)[C@@]3(O)C(=O)C(C(C)=O)=C(O)C(C(C)C)[C@@]3(C)C[C@@]1(C)C2)C(F)(F)F. The molecule has 242 valence electrons. The van der Waals surface area contributed by atoms with Crippen LogP contribution in [0.4, 0.5) is 13.2 Å². The van der Waals surface area contributed by atoms with Gasteiger partial charge in [0.2, 0.25) is 5.78 Å². The van der Waals surface area contributed by atoms with Gasteiger partial charge in [-0.15, -0.1) is 0 Å². The highest BCUT2D eigenvalue weighted by atomic mass is 19.4. The average Bonchev–Trinajstić information content (AvgIpc) is 2.86. The Labute approximate surface area is 255 Å². The largest absolute Gasteiger partial charge is 0.511 e. The smallest absolute Gasteiger partial charge is 0.391 e. The van der Waals surface area contributed by atoms with Gasteiger partial charge in [-0.3, -0.25) is 14.4 Å². The summed E-state index contributed by atoms with van der Waals surface area (Å²) >= 11 is 0. The Kier molecular flexibility index (Phi) is 8.24. The monoisotopic (exact) mass is 620 g/mol. The van der Waals surface area contributed by atoms with Crippen molar-refractivity contribution in [2.75, 3.05) is 0 Å². The van der Waals surface area contributed by atoms with Crippen molar-refractivity contribution in [1.29, 1.82) is 0 Å². The third-order valence-corrected chi connectivity index (χ3v) is 10.5. The van der Waals surface area contributed by atoms with E-state index in [1.165, 1.54) is 6.92 Å². The summed E-state index contributed by atoms with van der Waals surface area (Å²) in [4.78, 5) is 40.8. The molecule has 0 heterocycles. The van der Waals surface area contributed by atoms with Gasteiger partial charge in [-0.1, -0.05) is 54.5 Å². The molecule has 0 radical (unpaired) electrons. The van der Waals surface area contributed by atoms with Crippen LogP contribution in [0.3, 0.4) is 0 Å². The molecular formula is C34H43F3O7. The van der Waals surface area contributed by atoms with Crippen LogP contribution in [0, 0.1) is 28.6 Å². The van der Waals surface area contributed by atoms with E-state index in [2.05, 4.69) is 0 Å². The first kappa shape index (κ1) is 33.7. The number of aromatic hydroxyl groups is 1. The lowest BCUT2D eigenvalue weighted by Gasteiger charge is -2.59. The number of rotatable bonds is 7. The standard InChI is InChI=1S/C34H43F3O7/c1-9-19(34(35,36)37)11-10-18-12-20(15(2)3)21-13-31(7)14-32(8)24(16(4)5)27(40)22(17(6)38)29(42)33(32,44)30(43)25(31)28(41)23(21)26(18)39/h12,15-16,19,24,39-40,43-44H,9-11,13-14H2,1-8H3/t19?,24?,31-,32-,33+/m1/s1. The molecular weight excluding hydrogens is 577 g/mol. The van der Waals surface area contributed by atoms with Gasteiger partial charge in [0.25, 0.3) is 0 Å². The van der Waals surface area contributed by atoms with Crippen LogP contribution in [0.5, 0.6) is 5.75 Å². The van der Waals surface area contributed by atoms with Crippen LogP contribution < -0.4 is 0 Å². The second kappa shape index (κ2) is 10.7. The fourth-order valence-corrected chi connectivity index (χ4v) is 8.52. The van der Waals surface area contributed by atoms with Gasteiger partial charge in [-0.2, -0.15) is 13.2 Å². The number of carbonyl (C=O) groups is 3. The van der Waals surface area contributed by atoms with Gasteiger partial charge in [0, 0.05) is 22.3 Å². The van der Waals surface area contributed by atoms with Crippen molar-refractivity contribution in [2.45, 2.75) is 105 Å². The number of aliphatic hydroxyl groups is 3. The number of benzene rings is 1. The first-order valence-corrected chi connectivity index (χ1v) is 15.2. The summed E-state index contributed by atoms with van der Waals surface area (Å²) in [6, 6.07) is 1.66. The summed E-state index contributed by atoms with van der Waals surface area (Å²) in [5.74, 6) is -7.78. The Hall–Kier alpha value is -3.14. The Morgan fingerprint density at radius 2 is 1.68 bits per heavy atom. The molecule has 3 aliphatic rings. The Morgan fingerprint density at radius 1 is 1.09 bits per heavy atom. The van der Waals surface area contributed by atoms with Crippen LogP contribution in [-0.4, -0.2) is 49.6 Å². The molecule has 1 aromatic carbocycles. The van der Waals surface area contributed by atoms with E-state index < -0.39 is 74.6 Å². The van der Waals surface area contributed by atoms with E-state index in [1.807, 2.05) is 13.8 Å². The summed E-state index contributed by atoms with van der Waals surface area (Å²) in [5.41, 5.74) is -5.17. The lowest BCUT2D eigenvalue weighted by molar-refractivity contribution is -0.177. The maximum absolute atomic E-state index is 14.4. The molecule has 1 aromatic rings. The van der Waals surface area contributed by atoms with E-state index in [9.17, 15) is 48.0 Å². The molecule has 5 atom stereocenters. The molecule has 3 aliphatic carbocycles. The van der Waals surface area contributed by atoms with E-state index in [0.717, 1.165) is 6.92 Å². The summed E-state index contributed by atoms with van der Waals surface area (Å²) in [7, 11) is 0. The summed E-state index contributed by atoms with van der Waals surface area (Å²) in [6.45, 7) is 13.1. The number of Topliss-reactive ketones (excluding diaryl/α,β-unsaturated/α-hetero) is 3. The van der Waals surface area contributed by atoms with Gasteiger partial charge in [0.05, 0.1) is 11.5 Å². The molecule has 0 aromatic heterocycles. The second-order valence-electron chi connectivity index (χ2n) is 14.1. The molecule has 0 saturated heterocycles. The number of halogens is 3. The summed E-state index contributed by atoms with van der Waals surface area (Å²) < 4.78 is 40.5. The van der Waals surface area contributed by atoms with Crippen LogP contribution in [0.2, 0.25) is 0 Å². The predicted octanol–water partition coefficient (Wildman–Crippen LogP) is 6.99. The molecule has 0 bridgehead atoms. The number of aryl methyl sites for hydroxylation is 1. The van der Waals surface area contributed by atoms with Gasteiger partial charge < -0.3 is 20.4 Å². The number of hydrogen-bond acceptors (Lipinski definition) is 7. The van der Waals surface area contributed by atoms with Crippen LogP contribution >= 0.6 is 0 Å². The zero-order valence-electron chi connectivity index (χ0n) is 26.6. The van der Waals surface area contributed by atoms with E-state index in [-0.39, 0.29) is 60.6 Å². The number of aliphatic hydroxyl groups excluding tert-OH is 2. The zero-order chi connectivity index (χ0) is 33.5. The fourth-order valence-electron chi connectivity index (χ4n) is 8.52. The molecule has 2 unspecified atom stereocenters. The number of phenolic OH excluding ortho intramolecular Hbond substituents is 1. The van der Waals surface area contributed by atoms with E-state index in [0.29, 0.717) is 11.1 Å². The predicted molar refractivity (Wildman–Crippen MR) is 157 cm³/mol. The number of allylic oxidation sites excluding steroid dienone is 2. The van der Waals surface area contributed by atoms with Gasteiger partial charge in [-0.25, -0.2) is 0 Å². The minimum absolute atomic E-state index is 0.0330. The lowest BCUT2D eigenvalue weighted by Crippen LogP contribution is -2.67. The van der Waals surface area contributed by atoms with Crippen LogP contribution in [0.25, 0.3) is 0 Å². The fraction of sp³-hybridized carbons (Fsp3) is 0.618. The molecule has 0 fully saturated rings. The first-order valence-electron chi connectivity index (χ1n) is 15.2. The molecule has 7 nitrogen and oxygen atoms in total. The number of phenols is 1. The molecule has 0 saturated carbocycles. The number of hydrogen-bond donors (Lipinski definition) is 4. The summed E-state index contributed by atoms with van der Waals surface area (Å²) in [5, 5.41) is 46.7. The van der Waals surface area contributed by atoms with Gasteiger partial charge >= 0.3 is 6.18 Å². The van der Waals surface area contributed by atoms with Crippen LogP contribution in [-0.2, 0) is 22.4 Å². The molecule has 0 amide bonds. The van der Waals surface area contributed by atoms with E-state index in [1.54, 1.807) is 33.8 Å². The van der Waals surface area contributed by atoms with Crippen LogP contribution in [0.15, 0.2) is 28.7 Å². The molecule has 4 rings (SSSR count). The van der Waals surface area contributed by atoms with Gasteiger partial charge in [-0.05, 0) is 67.6 Å². The second-order valence-corrected chi connectivity index (χ2v) is 14.1. The van der Waals surface area contributed by atoms with Gasteiger partial charge in [0.15, 0.2) is 17.2 Å². The Bertz CT molecular complexity index is 1500. The molecule has 10 heteroatoms. The lowest BCUT2D eigenvalue weighted by atomic mass is 9.44. The van der Waals surface area contributed by atoms with Gasteiger partial charge in [0.1, 0.15) is 22.8 Å². The molecule has 44 heavy (non-hydrogen) atoms. The van der Waals surface area contributed by atoms with E-state index >= 15 is 0 Å². The normalized spacial score (nSPS) is 29.6. The van der Waals surface area contributed by atoms with Crippen molar-refractivity contribution in [1.82, 2.24) is 0 Å². The third-order valence-electron chi connectivity index (χ3n) is 10.5. The highest BCUT2D eigenvalue weighted by Gasteiger charge is 2.71. The average molecular weight is 621 g/mol. The number of ketones is 3. The minimum atomic E-state index is -4.42. The van der Waals surface area contributed by atoms with E-state index in [4.69, 9.17) is 0 Å². The Balaban J connectivity index is 1.98. The van der Waals surface area contributed by atoms with Crippen molar-refractivity contribution in [3.63, 3.8) is 0 Å². The van der Waals surface area contributed by atoms with Crippen molar-refractivity contribution in [3.05, 3.63) is 51.0 Å². The van der Waals surface area contributed by atoms with Crippen LogP contribution in [0.1, 0.15) is 108 Å². The topological polar surface area (TPSA) is 132 Å². The first-order chi connectivity index (χ1) is 20.1. The number of carbonyl (C=O) groups excluding carboxylic acids is 3. The quantitative estimate of drug-likeness (QED) is 0.242.